The van der Waals surface area contributed by atoms with E-state index in [1.54, 1.807) is 6.07 Å². The Labute approximate surface area is 144 Å². The van der Waals surface area contributed by atoms with Crippen LogP contribution < -0.4 is 5.32 Å². The Morgan fingerprint density at radius 1 is 1.33 bits per heavy atom. The lowest BCUT2D eigenvalue weighted by Crippen LogP contribution is -2.47. The third-order valence-corrected chi connectivity index (χ3v) is 4.62. The minimum Gasteiger partial charge on any atom is -0.504 e. The minimum absolute atomic E-state index is 0.0392. The minimum atomic E-state index is -0.0978. The molecule has 134 valence electrons. The molecule has 0 aliphatic carbocycles. The first kappa shape index (κ1) is 18.6. The molecule has 0 bridgehead atoms. The van der Waals surface area contributed by atoms with Gasteiger partial charge >= 0.3 is 0 Å². The third kappa shape index (κ3) is 4.63. The molecule has 24 heavy (non-hydrogen) atoms. The Balaban J connectivity index is 2.12. The Kier molecular flexibility index (Phi) is 5.75. The van der Waals surface area contributed by atoms with Crippen LogP contribution in [0.1, 0.15) is 58.1 Å². The Hall–Kier alpha value is -1.75. The van der Waals surface area contributed by atoms with Gasteiger partial charge in [0.05, 0.1) is 0 Å². The van der Waals surface area contributed by atoms with Gasteiger partial charge in [0.25, 0.3) is 0 Å². The molecule has 0 radical (unpaired) electrons. The summed E-state index contributed by atoms with van der Waals surface area (Å²) in [7, 11) is 0. The quantitative estimate of drug-likeness (QED) is 0.740. The van der Waals surface area contributed by atoms with Crippen LogP contribution in [0.4, 0.5) is 0 Å². The monoisotopic (exact) mass is 334 g/mol. The van der Waals surface area contributed by atoms with Gasteiger partial charge in [-0.25, -0.2) is 0 Å². The van der Waals surface area contributed by atoms with Crippen LogP contribution in [-0.4, -0.2) is 40.2 Å². The van der Waals surface area contributed by atoms with Crippen molar-refractivity contribution in [2.24, 2.45) is 0 Å². The van der Waals surface area contributed by atoms with Crippen molar-refractivity contribution in [2.75, 3.05) is 13.1 Å². The number of aromatic hydroxyl groups is 2. The summed E-state index contributed by atoms with van der Waals surface area (Å²) >= 11 is 0. The summed E-state index contributed by atoms with van der Waals surface area (Å²) in [5.74, 6) is -0.0231. The Morgan fingerprint density at radius 2 is 2.04 bits per heavy atom. The maximum Gasteiger partial charge on any atom is 0.219 e. The zero-order valence-corrected chi connectivity index (χ0v) is 15.2. The van der Waals surface area contributed by atoms with E-state index < -0.39 is 0 Å². The highest BCUT2D eigenvalue weighted by molar-refractivity contribution is 5.75. The molecule has 1 aliphatic rings. The zero-order valence-electron chi connectivity index (χ0n) is 15.2. The molecule has 1 fully saturated rings. The van der Waals surface area contributed by atoms with Gasteiger partial charge in [-0.1, -0.05) is 33.8 Å². The number of benzene rings is 1. The van der Waals surface area contributed by atoms with Crippen LogP contribution in [0.5, 0.6) is 11.5 Å². The summed E-state index contributed by atoms with van der Waals surface area (Å²) in [6, 6.07) is 3.77. The van der Waals surface area contributed by atoms with Crippen LogP contribution in [0.15, 0.2) is 12.1 Å². The van der Waals surface area contributed by atoms with Crippen LogP contribution in [-0.2, 0) is 16.8 Å². The van der Waals surface area contributed by atoms with Crippen molar-refractivity contribution in [3.05, 3.63) is 23.3 Å². The molecule has 1 saturated heterocycles. The maximum absolute atomic E-state index is 11.6. The van der Waals surface area contributed by atoms with E-state index in [0.29, 0.717) is 13.0 Å². The molecule has 1 amide bonds. The smallest absolute Gasteiger partial charge is 0.219 e. The summed E-state index contributed by atoms with van der Waals surface area (Å²) in [5.41, 5.74) is 1.64. The summed E-state index contributed by atoms with van der Waals surface area (Å²) in [6.45, 7) is 10.4. The summed E-state index contributed by atoms with van der Waals surface area (Å²) in [6.07, 6.45) is 2.50. The molecule has 3 N–H and O–H groups in total. The standard InChI is InChI=1S/C19H30N2O3/c1-5-17(23)20-15-7-6-8-21(12-15)11-13-9-14(19(2,3)4)10-16(22)18(13)24/h9-10,15,22,24H,5-8,11-12H2,1-4H3,(H,20,23). The molecule has 1 heterocycles. The van der Waals surface area contributed by atoms with Crippen molar-refractivity contribution in [2.45, 2.75) is 65.0 Å². The van der Waals surface area contributed by atoms with Crippen molar-refractivity contribution >= 4 is 5.91 Å². The summed E-state index contributed by atoms with van der Waals surface area (Å²) in [5, 5.41) is 23.3. The molecular formula is C19H30N2O3. The van der Waals surface area contributed by atoms with Gasteiger partial charge in [0.2, 0.25) is 5.91 Å². The van der Waals surface area contributed by atoms with Gasteiger partial charge in [-0.3, -0.25) is 9.69 Å². The normalized spacial score (nSPS) is 19.2. The summed E-state index contributed by atoms with van der Waals surface area (Å²) in [4.78, 5) is 13.8. The lowest BCUT2D eigenvalue weighted by atomic mass is 9.85. The first-order valence-electron chi connectivity index (χ1n) is 8.77. The van der Waals surface area contributed by atoms with Gasteiger partial charge in [-0.2, -0.15) is 0 Å². The molecule has 0 spiro atoms. The number of nitrogens with one attached hydrogen (secondary N) is 1. The molecule has 5 heteroatoms. The van der Waals surface area contributed by atoms with E-state index in [0.717, 1.165) is 37.1 Å². The van der Waals surface area contributed by atoms with Crippen molar-refractivity contribution in [3.8, 4) is 11.5 Å². The summed E-state index contributed by atoms with van der Waals surface area (Å²) < 4.78 is 0. The number of nitrogens with zero attached hydrogens (tertiary/aromatic N) is 1. The van der Waals surface area contributed by atoms with E-state index >= 15 is 0 Å². The SMILES string of the molecule is CCC(=O)NC1CCCN(Cc2cc(C(C)(C)C)cc(O)c2O)C1. The maximum atomic E-state index is 11.6. The predicted molar refractivity (Wildman–Crippen MR) is 95.2 cm³/mol. The number of likely N-dealkylation sites (tertiary alicyclic amines) is 1. The van der Waals surface area contributed by atoms with E-state index in [4.69, 9.17) is 0 Å². The van der Waals surface area contributed by atoms with E-state index in [9.17, 15) is 15.0 Å². The highest BCUT2D eigenvalue weighted by atomic mass is 16.3. The molecular weight excluding hydrogens is 304 g/mol. The van der Waals surface area contributed by atoms with Crippen LogP contribution in [0.25, 0.3) is 0 Å². The van der Waals surface area contributed by atoms with E-state index in [2.05, 4.69) is 31.0 Å². The molecule has 0 aromatic heterocycles. The average Bonchev–Trinajstić information content (AvgIpc) is 2.50. The number of phenols is 2. The first-order chi connectivity index (χ1) is 11.2. The topological polar surface area (TPSA) is 72.8 Å². The van der Waals surface area contributed by atoms with E-state index in [-0.39, 0.29) is 28.9 Å². The number of piperidine rings is 1. The lowest BCUT2D eigenvalue weighted by Gasteiger charge is -2.33. The molecule has 5 nitrogen and oxygen atoms in total. The molecule has 0 saturated carbocycles. The van der Waals surface area contributed by atoms with Crippen molar-refractivity contribution in [1.29, 1.82) is 0 Å². The number of carbonyl (C=O) groups excluding carboxylic acids is 1. The highest BCUT2D eigenvalue weighted by Gasteiger charge is 2.24. The van der Waals surface area contributed by atoms with Gasteiger partial charge in [-0.15, -0.1) is 0 Å². The number of amides is 1. The lowest BCUT2D eigenvalue weighted by molar-refractivity contribution is -0.121. The number of rotatable bonds is 4. The number of phenolic OH excluding ortho intramolecular Hbond substituents is 2. The molecule has 2 rings (SSSR count). The zero-order chi connectivity index (χ0) is 17.9. The number of hydrogen-bond donors (Lipinski definition) is 3. The van der Waals surface area contributed by atoms with Gasteiger partial charge in [0.15, 0.2) is 11.5 Å². The fraction of sp³-hybridized carbons (Fsp3) is 0.632. The Bertz CT molecular complexity index is 593. The van der Waals surface area contributed by atoms with Crippen molar-refractivity contribution in [3.63, 3.8) is 0 Å². The first-order valence-corrected chi connectivity index (χ1v) is 8.77. The van der Waals surface area contributed by atoms with Crippen LogP contribution >= 0.6 is 0 Å². The van der Waals surface area contributed by atoms with Gasteiger partial charge in [0, 0.05) is 31.1 Å². The number of carbonyl (C=O) groups is 1. The second kappa shape index (κ2) is 7.43. The molecule has 1 unspecified atom stereocenters. The molecule has 1 aromatic carbocycles. The fourth-order valence-corrected chi connectivity index (χ4v) is 3.12. The molecule has 1 aliphatic heterocycles. The van der Waals surface area contributed by atoms with E-state index in [1.807, 2.05) is 13.0 Å². The second-order valence-electron chi connectivity index (χ2n) is 7.75. The van der Waals surface area contributed by atoms with Gasteiger partial charge in [-0.05, 0) is 36.4 Å². The second-order valence-corrected chi connectivity index (χ2v) is 7.75. The number of hydrogen-bond acceptors (Lipinski definition) is 4. The molecule has 1 atom stereocenters. The predicted octanol–water partition coefficient (Wildman–Crippen LogP) is 2.89. The van der Waals surface area contributed by atoms with Crippen LogP contribution in [0.3, 0.4) is 0 Å². The Morgan fingerprint density at radius 3 is 2.67 bits per heavy atom. The largest absolute Gasteiger partial charge is 0.504 e. The van der Waals surface area contributed by atoms with Crippen LogP contribution in [0, 0.1) is 0 Å². The van der Waals surface area contributed by atoms with Gasteiger partial charge < -0.3 is 15.5 Å². The van der Waals surface area contributed by atoms with Gasteiger partial charge in [0.1, 0.15) is 0 Å². The third-order valence-electron chi connectivity index (χ3n) is 4.62. The molecule has 1 aromatic rings. The van der Waals surface area contributed by atoms with Crippen molar-refractivity contribution < 1.29 is 15.0 Å². The van der Waals surface area contributed by atoms with E-state index in [1.165, 1.54) is 0 Å². The van der Waals surface area contributed by atoms with Crippen LogP contribution in [0.2, 0.25) is 0 Å². The highest BCUT2D eigenvalue weighted by Crippen LogP contribution is 2.36. The average molecular weight is 334 g/mol. The van der Waals surface area contributed by atoms with Crippen molar-refractivity contribution in [1.82, 2.24) is 10.2 Å². The fourth-order valence-electron chi connectivity index (χ4n) is 3.12.